The molecule has 3 aromatic rings. The Kier molecular flexibility index (Phi) is 5.23. The molecule has 0 aliphatic heterocycles. The Morgan fingerprint density at radius 1 is 1.27 bits per heavy atom. The van der Waals surface area contributed by atoms with Gasteiger partial charge in [0, 0.05) is 24.2 Å². The molecule has 0 saturated carbocycles. The first-order valence-corrected chi connectivity index (χ1v) is 9.62. The molecule has 0 unspecified atom stereocenters. The van der Waals surface area contributed by atoms with Crippen LogP contribution in [0.5, 0.6) is 0 Å². The molecule has 0 radical (unpaired) electrons. The number of aryl methyl sites for hydroxylation is 1. The maximum atomic E-state index is 12.6. The molecule has 0 aliphatic rings. The number of rotatable bonds is 5. The minimum atomic E-state index is 0.0434. The van der Waals surface area contributed by atoms with Crippen molar-refractivity contribution in [3.8, 4) is 11.3 Å². The van der Waals surface area contributed by atoms with Crippen molar-refractivity contribution in [3.05, 3.63) is 57.4 Å². The van der Waals surface area contributed by atoms with Crippen LogP contribution in [0.3, 0.4) is 0 Å². The minimum Gasteiger partial charge on any atom is -0.339 e. The number of benzene rings is 1. The molecular weight excluding hydrogens is 344 g/mol. The summed E-state index contributed by atoms with van der Waals surface area (Å²) in [5, 5.41) is 12.9. The van der Waals surface area contributed by atoms with Crippen molar-refractivity contribution in [1.29, 1.82) is 0 Å². The molecule has 0 bridgehead atoms. The number of nitrogens with zero attached hydrogens (tertiary/aromatic N) is 4. The normalized spacial score (nSPS) is 11.2. The quantitative estimate of drug-likeness (QED) is 0.680. The zero-order chi connectivity index (χ0) is 18.8. The summed E-state index contributed by atoms with van der Waals surface area (Å²) < 4.78 is 1.92. The van der Waals surface area contributed by atoms with Crippen molar-refractivity contribution in [1.82, 2.24) is 19.9 Å². The summed E-state index contributed by atoms with van der Waals surface area (Å²) >= 11 is 1.68. The van der Waals surface area contributed by atoms with Crippen molar-refractivity contribution < 1.29 is 4.79 Å². The summed E-state index contributed by atoms with van der Waals surface area (Å²) in [5.41, 5.74) is 5.78. The Hall–Kier alpha value is -2.47. The number of hydrogen-bond acceptors (Lipinski definition) is 4. The van der Waals surface area contributed by atoms with Crippen LogP contribution >= 0.6 is 11.3 Å². The van der Waals surface area contributed by atoms with Gasteiger partial charge >= 0.3 is 0 Å². The molecule has 1 aromatic carbocycles. The van der Waals surface area contributed by atoms with Crippen LogP contribution < -0.4 is 0 Å². The fraction of sp³-hybridized carbons (Fsp3) is 0.350. The summed E-state index contributed by atoms with van der Waals surface area (Å²) in [7, 11) is 1.83. The molecule has 26 heavy (non-hydrogen) atoms. The molecule has 2 heterocycles. The van der Waals surface area contributed by atoms with Gasteiger partial charge in [0.15, 0.2) is 0 Å². The molecule has 6 heteroatoms. The molecule has 1 amide bonds. The highest BCUT2D eigenvalue weighted by Crippen LogP contribution is 2.25. The molecule has 0 fully saturated rings. The van der Waals surface area contributed by atoms with Crippen molar-refractivity contribution in [2.45, 2.75) is 40.3 Å². The molecule has 0 N–H and O–H groups in total. The number of carbonyl (C=O) groups is 1. The van der Waals surface area contributed by atoms with E-state index in [0.717, 1.165) is 34.6 Å². The molecule has 3 rings (SSSR count). The predicted octanol–water partition coefficient (Wildman–Crippen LogP) is 4.15. The highest BCUT2D eigenvalue weighted by atomic mass is 32.1. The lowest BCUT2D eigenvalue weighted by Crippen LogP contribution is -2.33. The first-order valence-electron chi connectivity index (χ1n) is 8.67. The lowest BCUT2D eigenvalue weighted by Gasteiger charge is -2.22. The van der Waals surface area contributed by atoms with Crippen LogP contribution in [0.15, 0.2) is 35.0 Å². The van der Waals surface area contributed by atoms with Crippen LogP contribution in [0, 0.1) is 13.8 Å². The van der Waals surface area contributed by atoms with Gasteiger partial charge in [-0.15, -0.1) is 5.10 Å². The molecular formula is C20H24N4OS. The Morgan fingerprint density at radius 2 is 2.04 bits per heavy atom. The molecule has 0 atom stereocenters. The van der Waals surface area contributed by atoms with E-state index in [1.165, 1.54) is 5.56 Å². The number of amides is 1. The largest absolute Gasteiger partial charge is 0.339 e. The smallest absolute Gasteiger partial charge is 0.254 e. The molecule has 5 nitrogen and oxygen atoms in total. The lowest BCUT2D eigenvalue weighted by molar-refractivity contribution is 0.0754. The van der Waals surface area contributed by atoms with Crippen LogP contribution in [-0.2, 0) is 6.54 Å². The second-order valence-electron chi connectivity index (χ2n) is 6.85. The van der Waals surface area contributed by atoms with E-state index < -0.39 is 0 Å². The Morgan fingerprint density at radius 3 is 2.65 bits per heavy atom. The number of hydrogen-bond donors (Lipinski definition) is 0. The molecule has 0 spiro atoms. The zero-order valence-corrected chi connectivity index (χ0v) is 16.7. The van der Waals surface area contributed by atoms with Gasteiger partial charge in [-0.1, -0.05) is 11.3 Å². The van der Waals surface area contributed by atoms with E-state index in [2.05, 4.69) is 27.1 Å². The maximum Gasteiger partial charge on any atom is 0.254 e. The summed E-state index contributed by atoms with van der Waals surface area (Å²) in [5.74, 6) is 0.0434. The van der Waals surface area contributed by atoms with Gasteiger partial charge < -0.3 is 4.90 Å². The highest BCUT2D eigenvalue weighted by Gasteiger charge is 2.18. The van der Waals surface area contributed by atoms with Crippen LogP contribution in [-0.4, -0.2) is 38.9 Å². The third-order valence-electron chi connectivity index (χ3n) is 4.72. The van der Waals surface area contributed by atoms with Crippen molar-refractivity contribution in [2.75, 3.05) is 7.05 Å². The highest BCUT2D eigenvalue weighted by molar-refractivity contribution is 7.07. The van der Waals surface area contributed by atoms with E-state index in [1.54, 1.807) is 16.2 Å². The van der Waals surface area contributed by atoms with E-state index >= 15 is 0 Å². The van der Waals surface area contributed by atoms with Crippen LogP contribution in [0.2, 0.25) is 0 Å². The number of aromatic nitrogens is 3. The zero-order valence-electron chi connectivity index (χ0n) is 15.9. The van der Waals surface area contributed by atoms with E-state index in [4.69, 9.17) is 0 Å². The molecule has 0 aliphatic carbocycles. The van der Waals surface area contributed by atoms with Gasteiger partial charge in [-0.3, -0.25) is 4.79 Å². The van der Waals surface area contributed by atoms with Crippen LogP contribution in [0.4, 0.5) is 0 Å². The summed E-state index contributed by atoms with van der Waals surface area (Å²) in [4.78, 5) is 14.4. The van der Waals surface area contributed by atoms with Gasteiger partial charge in [-0.05, 0) is 67.8 Å². The fourth-order valence-electron chi connectivity index (χ4n) is 2.81. The van der Waals surface area contributed by atoms with Gasteiger partial charge in [0.1, 0.15) is 5.69 Å². The number of thiophene rings is 1. The van der Waals surface area contributed by atoms with E-state index in [-0.39, 0.29) is 11.9 Å². The minimum absolute atomic E-state index is 0.0434. The third-order valence-corrected chi connectivity index (χ3v) is 5.45. The van der Waals surface area contributed by atoms with Crippen molar-refractivity contribution in [3.63, 3.8) is 0 Å². The topological polar surface area (TPSA) is 51.0 Å². The average Bonchev–Trinajstić information content (AvgIpc) is 3.24. The third kappa shape index (κ3) is 3.55. The van der Waals surface area contributed by atoms with Gasteiger partial charge in [0.2, 0.25) is 0 Å². The van der Waals surface area contributed by atoms with E-state index in [0.29, 0.717) is 0 Å². The standard InChI is InChI=1S/C20H24N4OS/c1-13(2)23(5)20(25)18-7-6-17(10-14(18)3)19-15(4)24(22-21-19)11-16-8-9-26-12-16/h6-10,12-13H,11H2,1-5H3. The van der Waals surface area contributed by atoms with Gasteiger partial charge in [-0.2, -0.15) is 11.3 Å². The first kappa shape index (κ1) is 18.3. The number of carbonyl (C=O) groups excluding carboxylic acids is 1. The Balaban J connectivity index is 1.88. The van der Waals surface area contributed by atoms with E-state index in [1.807, 2.05) is 57.6 Å². The van der Waals surface area contributed by atoms with Crippen LogP contribution in [0.25, 0.3) is 11.3 Å². The molecule has 0 saturated heterocycles. The van der Waals surface area contributed by atoms with Crippen molar-refractivity contribution >= 4 is 17.2 Å². The van der Waals surface area contributed by atoms with E-state index in [9.17, 15) is 4.79 Å². The molecule has 2 aromatic heterocycles. The fourth-order valence-corrected chi connectivity index (χ4v) is 3.47. The predicted molar refractivity (Wildman–Crippen MR) is 106 cm³/mol. The second-order valence-corrected chi connectivity index (χ2v) is 7.63. The summed E-state index contributed by atoms with van der Waals surface area (Å²) in [6, 6.07) is 8.14. The van der Waals surface area contributed by atoms with Gasteiger partial charge in [-0.25, -0.2) is 4.68 Å². The first-order chi connectivity index (χ1) is 12.4. The monoisotopic (exact) mass is 368 g/mol. The SMILES string of the molecule is Cc1cc(-c2nnn(Cc3ccsc3)c2C)ccc1C(=O)N(C)C(C)C. The maximum absolute atomic E-state index is 12.6. The van der Waals surface area contributed by atoms with Gasteiger partial charge in [0.25, 0.3) is 5.91 Å². The lowest BCUT2D eigenvalue weighted by atomic mass is 10.0. The average molecular weight is 369 g/mol. The van der Waals surface area contributed by atoms with Crippen LogP contribution in [0.1, 0.15) is 41.0 Å². The Labute approximate surface area is 158 Å². The Bertz CT molecular complexity index is 912. The summed E-state index contributed by atoms with van der Waals surface area (Å²) in [6.07, 6.45) is 0. The van der Waals surface area contributed by atoms with Gasteiger partial charge in [0.05, 0.1) is 12.2 Å². The summed E-state index contributed by atoms with van der Waals surface area (Å²) in [6.45, 7) is 8.74. The van der Waals surface area contributed by atoms with Crippen molar-refractivity contribution in [2.24, 2.45) is 0 Å². The second kappa shape index (κ2) is 7.41. The molecule has 136 valence electrons.